The zero-order chi connectivity index (χ0) is 19.1. The van der Waals surface area contributed by atoms with Gasteiger partial charge in [-0.3, -0.25) is 0 Å². The van der Waals surface area contributed by atoms with Crippen LogP contribution in [-0.4, -0.2) is 0 Å². The molecule has 0 atom stereocenters. The maximum atomic E-state index is 13.8. The van der Waals surface area contributed by atoms with Crippen LogP contribution in [0.5, 0.6) is 0 Å². The van der Waals surface area contributed by atoms with Crippen molar-refractivity contribution in [3.63, 3.8) is 0 Å². The molecule has 0 saturated carbocycles. The van der Waals surface area contributed by atoms with Crippen molar-refractivity contribution in [3.05, 3.63) is 108 Å². The van der Waals surface area contributed by atoms with Crippen LogP contribution in [0.2, 0.25) is 0 Å². The van der Waals surface area contributed by atoms with Crippen LogP contribution >= 0.6 is 0 Å². The smallest absolute Gasteiger partial charge is 0.166 e. The number of halogens is 3. The first-order valence-electron chi connectivity index (χ1n) is 7.84. The van der Waals surface area contributed by atoms with Crippen LogP contribution in [0.1, 0.15) is 24.5 Å². The molecule has 0 heterocycles. The molecule has 132 valence electrons. The zero-order valence-corrected chi connectivity index (χ0v) is 14.8. The maximum absolute atomic E-state index is 13.8. The van der Waals surface area contributed by atoms with E-state index in [0.29, 0.717) is 18.4 Å². The Bertz CT molecular complexity index is 776. The highest BCUT2D eigenvalue weighted by Gasteiger charge is 2.12. The summed E-state index contributed by atoms with van der Waals surface area (Å²) in [5.74, 6) is -2.35. The Labute approximate surface area is 148 Å². The predicted molar refractivity (Wildman–Crippen MR) is 100 cm³/mol. The van der Waals surface area contributed by atoms with E-state index in [4.69, 9.17) is 0 Å². The number of allylic oxidation sites excluding steroid dienone is 8. The van der Waals surface area contributed by atoms with Crippen LogP contribution in [0, 0.1) is 12.7 Å². The molecule has 1 aromatic carbocycles. The first-order valence-corrected chi connectivity index (χ1v) is 7.84. The molecule has 0 N–H and O–H groups in total. The van der Waals surface area contributed by atoms with Gasteiger partial charge in [0.2, 0.25) is 0 Å². The molecular formula is C22H23F3. The highest BCUT2D eigenvalue weighted by Crippen LogP contribution is 2.26. The highest BCUT2D eigenvalue weighted by molar-refractivity contribution is 5.50. The summed E-state index contributed by atoms with van der Waals surface area (Å²) < 4.78 is 41.2. The van der Waals surface area contributed by atoms with Crippen LogP contribution in [0.25, 0.3) is 0 Å². The van der Waals surface area contributed by atoms with Gasteiger partial charge in [-0.15, -0.1) is 0 Å². The quantitative estimate of drug-likeness (QED) is 0.445. The number of aryl methyl sites for hydroxylation is 2. The average molecular weight is 344 g/mol. The lowest BCUT2D eigenvalue weighted by molar-refractivity contribution is 0.558. The highest BCUT2D eigenvalue weighted by atomic mass is 19.2. The standard InChI is InChI=1S/C22H23F3/c1-14(2)21(24)22(25)18(6)17(5)10-7-15(3)8-11-19-12-9-16(4)13-20(19)23/h7,9-10,12-13H,1,3,5-6,8,11H2,2,4H3/b10-7-,22-21-. The van der Waals surface area contributed by atoms with Gasteiger partial charge >= 0.3 is 0 Å². The second-order valence-corrected chi connectivity index (χ2v) is 6.00. The summed E-state index contributed by atoms with van der Waals surface area (Å²) in [5, 5.41) is 0. The van der Waals surface area contributed by atoms with Crippen molar-refractivity contribution in [3.8, 4) is 0 Å². The first-order chi connectivity index (χ1) is 11.6. The molecule has 0 spiro atoms. The molecule has 25 heavy (non-hydrogen) atoms. The van der Waals surface area contributed by atoms with Gasteiger partial charge in [-0.2, -0.15) is 0 Å². The lowest BCUT2D eigenvalue weighted by Crippen LogP contribution is -1.93. The number of hydrogen-bond acceptors (Lipinski definition) is 0. The van der Waals surface area contributed by atoms with E-state index in [-0.39, 0.29) is 22.5 Å². The van der Waals surface area contributed by atoms with E-state index >= 15 is 0 Å². The molecular weight excluding hydrogens is 321 g/mol. The molecule has 0 amide bonds. The van der Waals surface area contributed by atoms with Crippen molar-refractivity contribution in [2.45, 2.75) is 26.7 Å². The van der Waals surface area contributed by atoms with Gasteiger partial charge in [0.15, 0.2) is 11.7 Å². The minimum Gasteiger partial charge on any atom is -0.207 e. The Hall–Kier alpha value is -2.55. The molecule has 0 aromatic heterocycles. The number of benzene rings is 1. The molecule has 0 bridgehead atoms. The molecule has 0 radical (unpaired) electrons. The Morgan fingerprint density at radius 2 is 1.68 bits per heavy atom. The summed E-state index contributed by atoms with van der Waals surface area (Å²) in [7, 11) is 0. The Morgan fingerprint density at radius 3 is 2.24 bits per heavy atom. The second kappa shape index (κ2) is 9.07. The van der Waals surface area contributed by atoms with Gasteiger partial charge in [-0.1, -0.05) is 56.2 Å². The van der Waals surface area contributed by atoms with E-state index < -0.39 is 11.7 Å². The normalized spacial score (nSPS) is 12.0. The van der Waals surface area contributed by atoms with Crippen LogP contribution < -0.4 is 0 Å². The van der Waals surface area contributed by atoms with Gasteiger partial charge in [0.1, 0.15) is 5.82 Å². The molecule has 0 aliphatic rings. The summed E-state index contributed by atoms with van der Waals surface area (Å²) in [6.07, 6.45) is 4.20. The summed E-state index contributed by atoms with van der Waals surface area (Å²) in [4.78, 5) is 0. The molecule has 1 aromatic rings. The number of rotatable bonds is 8. The van der Waals surface area contributed by atoms with E-state index in [1.54, 1.807) is 12.1 Å². The second-order valence-electron chi connectivity index (χ2n) is 6.00. The van der Waals surface area contributed by atoms with Crippen molar-refractivity contribution in [2.24, 2.45) is 0 Å². The Kier molecular flexibility index (Phi) is 7.43. The zero-order valence-electron chi connectivity index (χ0n) is 14.8. The van der Waals surface area contributed by atoms with Crippen LogP contribution in [0.4, 0.5) is 13.2 Å². The third-order valence-electron chi connectivity index (χ3n) is 3.66. The summed E-state index contributed by atoms with van der Waals surface area (Å²) >= 11 is 0. The van der Waals surface area contributed by atoms with Crippen molar-refractivity contribution in [2.75, 3.05) is 0 Å². The van der Waals surface area contributed by atoms with Crippen molar-refractivity contribution >= 4 is 0 Å². The van der Waals surface area contributed by atoms with Gasteiger partial charge in [-0.05, 0) is 55.0 Å². The topological polar surface area (TPSA) is 0 Å². The molecule has 1 rings (SSSR count). The molecule has 0 aliphatic heterocycles. The molecule has 0 fully saturated rings. The first kappa shape index (κ1) is 20.5. The third-order valence-corrected chi connectivity index (χ3v) is 3.66. The van der Waals surface area contributed by atoms with Crippen LogP contribution in [-0.2, 0) is 6.42 Å². The van der Waals surface area contributed by atoms with E-state index in [1.807, 2.05) is 13.0 Å². The van der Waals surface area contributed by atoms with Crippen molar-refractivity contribution < 1.29 is 13.2 Å². The fourth-order valence-electron chi connectivity index (χ4n) is 2.01. The predicted octanol–water partition coefficient (Wildman–Crippen LogP) is 7.02. The Morgan fingerprint density at radius 1 is 1.04 bits per heavy atom. The Balaban J connectivity index is 2.67. The molecule has 3 heteroatoms. The van der Waals surface area contributed by atoms with Gasteiger partial charge in [0.05, 0.1) is 0 Å². The minimum atomic E-state index is -1.07. The maximum Gasteiger partial charge on any atom is 0.166 e. The minimum absolute atomic E-state index is 0.0139. The lowest BCUT2D eigenvalue weighted by atomic mass is 10.0. The third kappa shape index (κ3) is 6.11. The summed E-state index contributed by atoms with van der Waals surface area (Å²) in [6.45, 7) is 17.6. The van der Waals surface area contributed by atoms with Gasteiger partial charge in [0, 0.05) is 5.57 Å². The van der Waals surface area contributed by atoms with E-state index in [2.05, 4.69) is 26.3 Å². The van der Waals surface area contributed by atoms with E-state index in [1.165, 1.54) is 19.1 Å². The fraction of sp³-hybridized carbons (Fsp3) is 0.182. The van der Waals surface area contributed by atoms with Crippen LogP contribution in [0.3, 0.4) is 0 Å². The summed E-state index contributed by atoms with van der Waals surface area (Å²) in [6, 6.07) is 5.10. The van der Waals surface area contributed by atoms with Crippen molar-refractivity contribution in [1.82, 2.24) is 0 Å². The van der Waals surface area contributed by atoms with Gasteiger partial charge in [-0.25, -0.2) is 13.2 Å². The SMILES string of the molecule is C=C(/C=C\C(=C)C(=C)/C(F)=C(/F)C(=C)C)CCc1ccc(C)cc1F. The summed E-state index contributed by atoms with van der Waals surface area (Å²) in [5.41, 5.74) is 2.28. The van der Waals surface area contributed by atoms with E-state index in [9.17, 15) is 13.2 Å². The lowest BCUT2D eigenvalue weighted by Gasteiger charge is -2.06. The average Bonchev–Trinajstić information content (AvgIpc) is 2.56. The molecule has 0 nitrogen and oxygen atoms in total. The largest absolute Gasteiger partial charge is 0.207 e. The number of hydrogen-bond donors (Lipinski definition) is 0. The fourth-order valence-corrected chi connectivity index (χ4v) is 2.01. The van der Waals surface area contributed by atoms with E-state index in [0.717, 1.165) is 11.1 Å². The van der Waals surface area contributed by atoms with Gasteiger partial charge < -0.3 is 0 Å². The molecule has 0 aliphatic carbocycles. The van der Waals surface area contributed by atoms with Crippen LogP contribution in [0.15, 0.2) is 90.6 Å². The molecule has 0 saturated heterocycles. The monoisotopic (exact) mass is 344 g/mol. The van der Waals surface area contributed by atoms with Gasteiger partial charge in [0.25, 0.3) is 0 Å². The van der Waals surface area contributed by atoms with Crippen molar-refractivity contribution in [1.29, 1.82) is 0 Å². The molecule has 0 unspecified atom stereocenters.